The number of oxazole rings is 2. The van der Waals surface area contributed by atoms with E-state index in [2.05, 4.69) is 36.9 Å². The minimum Gasteiger partial charge on any atom is -0.469 e. The number of alkyl carbamates (subject to hydrolysis) is 1. The highest BCUT2D eigenvalue weighted by molar-refractivity contribution is 9.10. The highest BCUT2D eigenvalue weighted by atomic mass is 79.9. The average molecular weight is 711 g/mol. The number of carbonyl (C=O) groups excluding carboxylic acids is 2. The largest absolute Gasteiger partial charge is 0.469 e. The molecule has 0 saturated heterocycles. The third kappa shape index (κ3) is 4.85. The summed E-state index contributed by atoms with van der Waals surface area (Å²) in [6.45, 7) is 5.85. The maximum Gasteiger partial charge on any atom is 0.408 e. The summed E-state index contributed by atoms with van der Waals surface area (Å²) in [6.07, 6.45) is 0.471. The lowest BCUT2D eigenvalue weighted by molar-refractivity contribution is -0.124. The molecule has 5 heterocycles. The van der Waals surface area contributed by atoms with Gasteiger partial charge in [-0.05, 0) is 52.0 Å². The van der Waals surface area contributed by atoms with Crippen molar-refractivity contribution in [3.05, 3.63) is 117 Å². The summed E-state index contributed by atoms with van der Waals surface area (Å²) in [7, 11) is 0. The molecule has 0 fully saturated rings. The smallest absolute Gasteiger partial charge is 0.408 e. The fourth-order valence-electron chi connectivity index (χ4n) is 6.85. The first-order chi connectivity index (χ1) is 23.2. The van der Waals surface area contributed by atoms with Crippen LogP contribution in [-0.4, -0.2) is 34.2 Å². The Hall–Kier alpha value is -5.10. The quantitative estimate of drug-likeness (QED) is 0.185. The predicted octanol–water partition coefficient (Wildman–Crippen LogP) is 6.54. The van der Waals surface area contributed by atoms with Gasteiger partial charge in [-0.3, -0.25) is 4.79 Å². The lowest BCUT2D eigenvalue weighted by Crippen LogP contribution is -2.49. The van der Waals surface area contributed by atoms with Gasteiger partial charge >= 0.3 is 6.09 Å². The lowest BCUT2D eigenvalue weighted by atomic mass is 9.72. The summed E-state index contributed by atoms with van der Waals surface area (Å²) < 4.78 is 25.8. The highest BCUT2D eigenvalue weighted by Gasteiger charge is 2.61. The van der Waals surface area contributed by atoms with E-state index in [9.17, 15) is 9.59 Å². The van der Waals surface area contributed by atoms with E-state index in [-0.39, 0.29) is 24.8 Å². The summed E-state index contributed by atoms with van der Waals surface area (Å²) in [5.41, 5.74) is 4.36. The molecule has 4 bridgehead atoms. The van der Waals surface area contributed by atoms with Gasteiger partial charge in [0.05, 0.1) is 11.4 Å². The predicted molar refractivity (Wildman–Crippen MR) is 178 cm³/mol. The van der Waals surface area contributed by atoms with Gasteiger partial charge in [0.15, 0.2) is 17.7 Å². The van der Waals surface area contributed by atoms with Crippen LogP contribution >= 0.6 is 15.9 Å². The van der Waals surface area contributed by atoms with Crippen LogP contribution in [-0.2, 0) is 28.0 Å². The highest BCUT2D eigenvalue weighted by Crippen LogP contribution is 2.60. The number of hydrogen-bond donors (Lipinski definition) is 3. The van der Waals surface area contributed by atoms with Gasteiger partial charge in [-0.15, -0.1) is 0 Å². The monoisotopic (exact) mass is 709 g/mol. The number of amides is 2. The maximum absolute atomic E-state index is 14.0. The van der Waals surface area contributed by atoms with Gasteiger partial charge < -0.3 is 34.3 Å². The molecule has 0 aliphatic carbocycles. The Balaban J connectivity index is 1.29. The topological polar surface area (TPSA) is 141 Å². The zero-order valence-electron chi connectivity index (χ0n) is 26.4. The van der Waals surface area contributed by atoms with Crippen LogP contribution in [0.2, 0.25) is 0 Å². The van der Waals surface area contributed by atoms with Crippen LogP contribution < -0.4 is 20.7 Å². The van der Waals surface area contributed by atoms with Gasteiger partial charge in [-0.1, -0.05) is 68.4 Å². The first kappa shape index (κ1) is 30.2. The summed E-state index contributed by atoms with van der Waals surface area (Å²) in [5, 5.41) is 9.50. The molecular weight excluding hydrogens is 678 g/mol. The summed E-state index contributed by atoms with van der Waals surface area (Å²) in [6, 6.07) is 19.6. The zero-order valence-corrected chi connectivity index (χ0v) is 28.0. The molecule has 11 nitrogen and oxygen atoms in total. The van der Waals surface area contributed by atoms with Crippen molar-refractivity contribution in [2.45, 2.75) is 57.5 Å². The van der Waals surface area contributed by atoms with E-state index < -0.39 is 35.7 Å². The van der Waals surface area contributed by atoms with Crippen molar-refractivity contribution < 1.29 is 27.9 Å². The number of fused-ring (bicyclic) bond motifs is 4. The molecule has 1 spiro atoms. The molecule has 2 aromatic heterocycles. The molecule has 3 aliphatic rings. The SMILES string of the molecule is Cc1coc(-c2nc3oc2C24c5cc(ccc5OC2Nc2c(Br)cccc24)C[C@H](NC(=O)OCc2ccccc2)C(=O)N[C@H]3C(C)C)n1. The van der Waals surface area contributed by atoms with Gasteiger partial charge in [-0.25, -0.2) is 14.8 Å². The van der Waals surface area contributed by atoms with Crippen LogP contribution in [0.1, 0.15) is 59.5 Å². The number of hydrogen-bond acceptors (Lipinski definition) is 9. The second-order valence-electron chi connectivity index (χ2n) is 12.7. The number of ether oxygens (including phenoxy) is 2. The standard InChI is InChI=1S/C36H32BrN5O6/c1-18(2)27-33-41-29(32-38-19(3)16-45-32)30(48-33)36-22-10-7-11-24(37)28(22)42-34(36)47-26-13-12-21(14-23(26)36)15-25(31(43)40-27)39-35(44)46-17-20-8-5-4-6-9-20/h4-14,16,18,25,27,34,42H,15,17H2,1-3H3,(H,39,44)(H,40,43)/t25-,27-,34?,36?/m0/s1. The number of aromatic nitrogens is 2. The number of halogens is 1. The van der Waals surface area contributed by atoms with Gasteiger partial charge in [0.1, 0.15) is 36.1 Å². The number of aryl methyl sites for hydroxylation is 1. The maximum atomic E-state index is 14.0. The Morgan fingerprint density at radius 1 is 1.08 bits per heavy atom. The Bertz CT molecular complexity index is 2060. The van der Waals surface area contributed by atoms with Gasteiger partial charge in [0, 0.05) is 22.0 Å². The minimum absolute atomic E-state index is 0.0693. The lowest BCUT2D eigenvalue weighted by Gasteiger charge is -2.28. The van der Waals surface area contributed by atoms with E-state index in [1.54, 1.807) is 6.26 Å². The molecule has 2 unspecified atom stereocenters. The van der Waals surface area contributed by atoms with Crippen LogP contribution in [0.25, 0.3) is 11.6 Å². The molecule has 12 heteroatoms. The fourth-order valence-corrected chi connectivity index (χ4v) is 7.33. The summed E-state index contributed by atoms with van der Waals surface area (Å²) >= 11 is 3.73. The molecule has 4 atom stereocenters. The molecule has 2 amide bonds. The van der Waals surface area contributed by atoms with Crippen molar-refractivity contribution in [1.82, 2.24) is 20.6 Å². The molecular formula is C36H32BrN5O6. The Kier molecular flexibility index (Phi) is 7.28. The fraction of sp³-hybridized carbons (Fsp3) is 0.278. The molecule has 8 rings (SSSR count). The third-order valence-electron chi connectivity index (χ3n) is 9.14. The molecule has 3 aromatic carbocycles. The van der Waals surface area contributed by atoms with Gasteiger partial charge in [0.2, 0.25) is 17.7 Å². The number of benzene rings is 3. The normalized spacial score (nSPS) is 22.0. The molecule has 0 radical (unpaired) electrons. The second-order valence-corrected chi connectivity index (χ2v) is 13.5. The third-order valence-corrected chi connectivity index (χ3v) is 9.80. The average Bonchev–Trinajstić information content (AvgIpc) is 3.84. The summed E-state index contributed by atoms with van der Waals surface area (Å²) in [5.74, 6) is 1.18. The van der Waals surface area contributed by atoms with E-state index >= 15 is 0 Å². The number of anilines is 1. The molecule has 244 valence electrons. The molecule has 3 N–H and O–H groups in total. The second kappa shape index (κ2) is 11.6. The zero-order chi connectivity index (χ0) is 33.2. The molecule has 0 saturated carbocycles. The number of nitrogens with one attached hydrogen (secondary N) is 3. The van der Waals surface area contributed by atoms with E-state index in [1.165, 1.54) is 0 Å². The van der Waals surface area contributed by atoms with Crippen LogP contribution in [0, 0.1) is 12.8 Å². The van der Waals surface area contributed by atoms with Crippen molar-refractivity contribution in [2.24, 2.45) is 5.92 Å². The number of nitrogens with zero attached hydrogens (tertiary/aromatic N) is 2. The Morgan fingerprint density at radius 2 is 1.92 bits per heavy atom. The van der Waals surface area contributed by atoms with Crippen LogP contribution in [0.3, 0.4) is 0 Å². The molecule has 3 aliphatic heterocycles. The number of rotatable bonds is 5. The van der Waals surface area contributed by atoms with Crippen molar-refractivity contribution in [2.75, 3.05) is 5.32 Å². The van der Waals surface area contributed by atoms with Crippen molar-refractivity contribution in [3.63, 3.8) is 0 Å². The number of carbonyl (C=O) groups is 2. The molecule has 5 aromatic rings. The molecule has 48 heavy (non-hydrogen) atoms. The first-order valence-corrected chi connectivity index (χ1v) is 16.6. The van der Waals surface area contributed by atoms with E-state index in [4.69, 9.17) is 23.3 Å². The first-order valence-electron chi connectivity index (χ1n) is 15.8. The van der Waals surface area contributed by atoms with E-state index in [0.29, 0.717) is 28.8 Å². The van der Waals surface area contributed by atoms with Crippen LogP contribution in [0.5, 0.6) is 5.75 Å². The Morgan fingerprint density at radius 3 is 2.69 bits per heavy atom. The van der Waals surface area contributed by atoms with Crippen molar-refractivity contribution >= 4 is 33.6 Å². The number of para-hydroxylation sites is 1. The van der Waals surface area contributed by atoms with Gasteiger partial charge in [-0.2, -0.15) is 0 Å². The Labute approximate surface area is 284 Å². The van der Waals surface area contributed by atoms with Gasteiger partial charge in [0.25, 0.3) is 0 Å². The minimum atomic E-state index is -1.00. The van der Waals surface area contributed by atoms with Crippen LogP contribution in [0.15, 0.2) is 86.3 Å². The van der Waals surface area contributed by atoms with Crippen molar-refractivity contribution in [1.29, 1.82) is 0 Å². The summed E-state index contributed by atoms with van der Waals surface area (Å²) in [4.78, 5) is 36.7. The van der Waals surface area contributed by atoms with E-state index in [1.807, 2.05) is 87.5 Å². The van der Waals surface area contributed by atoms with E-state index in [0.717, 1.165) is 32.4 Å². The van der Waals surface area contributed by atoms with Crippen molar-refractivity contribution in [3.8, 4) is 17.3 Å². The van der Waals surface area contributed by atoms with Crippen LogP contribution in [0.4, 0.5) is 10.5 Å².